The van der Waals surface area contributed by atoms with Gasteiger partial charge in [-0.3, -0.25) is 9.59 Å². The first-order valence-corrected chi connectivity index (χ1v) is 8.83. The van der Waals surface area contributed by atoms with E-state index in [2.05, 4.69) is 10.6 Å². The van der Waals surface area contributed by atoms with E-state index in [9.17, 15) is 9.59 Å². The first kappa shape index (κ1) is 18.1. The second-order valence-electron chi connectivity index (χ2n) is 5.82. The normalized spacial score (nSPS) is 10.5. The van der Waals surface area contributed by atoms with Crippen LogP contribution in [0.1, 0.15) is 29.8 Å². The van der Waals surface area contributed by atoms with Crippen LogP contribution in [0.2, 0.25) is 0 Å². The van der Waals surface area contributed by atoms with Crippen molar-refractivity contribution in [3.05, 3.63) is 59.7 Å². The smallest absolute Gasteiger partial charge is 0.253 e. The minimum atomic E-state index is -0.188. The Kier molecular flexibility index (Phi) is 6.44. The molecule has 5 heteroatoms. The van der Waals surface area contributed by atoms with Gasteiger partial charge in [-0.2, -0.15) is 0 Å². The fourth-order valence-electron chi connectivity index (χ4n) is 2.10. The second kappa shape index (κ2) is 8.55. The van der Waals surface area contributed by atoms with Crippen molar-refractivity contribution >= 4 is 29.3 Å². The fourth-order valence-corrected chi connectivity index (χ4v) is 2.80. The Hall–Kier alpha value is -2.27. The largest absolute Gasteiger partial charge is 0.350 e. The van der Waals surface area contributed by atoms with Gasteiger partial charge in [-0.05, 0) is 45.0 Å². The summed E-state index contributed by atoms with van der Waals surface area (Å²) in [5, 5.41) is 5.67. The molecule has 0 fully saturated rings. The van der Waals surface area contributed by atoms with E-state index in [0.29, 0.717) is 17.0 Å². The number of hydrogen-bond donors (Lipinski definition) is 2. The van der Waals surface area contributed by atoms with E-state index in [1.165, 1.54) is 17.3 Å². The predicted molar refractivity (Wildman–Crippen MR) is 99.6 cm³/mol. The lowest BCUT2D eigenvalue weighted by Crippen LogP contribution is -2.31. The van der Waals surface area contributed by atoms with Crippen LogP contribution in [0.3, 0.4) is 0 Å². The van der Waals surface area contributed by atoms with E-state index < -0.39 is 0 Å². The number of benzene rings is 2. The third-order valence-corrected chi connectivity index (χ3v) is 4.27. The maximum atomic E-state index is 12.2. The van der Waals surface area contributed by atoms with Crippen LogP contribution in [0.4, 0.5) is 5.69 Å². The third-order valence-electron chi connectivity index (χ3n) is 3.26. The zero-order valence-corrected chi connectivity index (χ0v) is 14.9. The molecule has 0 radical (unpaired) electrons. The first-order chi connectivity index (χ1) is 11.5. The first-order valence-electron chi connectivity index (χ1n) is 7.85. The summed E-state index contributed by atoms with van der Waals surface area (Å²) in [6.07, 6.45) is 0. The zero-order valence-electron chi connectivity index (χ0n) is 14.1. The summed E-state index contributed by atoms with van der Waals surface area (Å²) in [5.41, 5.74) is 2.19. The fraction of sp³-hybridized carbons (Fsp3) is 0.263. The number of anilines is 1. The number of rotatable bonds is 6. The molecule has 0 aliphatic rings. The molecule has 0 spiro atoms. The Balaban J connectivity index is 1.98. The van der Waals surface area contributed by atoms with Crippen LogP contribution < -0.4 is 10.6 Å². The van der Waals surface area contributed by atoms with Crippen LogP contribution in [0, 0.1) is 6.92 Å². The van der Waals surface area contributed by atoms with Crippen molar-refractivity contribution < 1.29 is 9.59 Å². The lowest BCUT2D eigenvalue weighted by Gasteiger charge is -2.13. The van der Waals surface area contributed by atoms with Gasteiger partial charge in [0.05, 0.1) is 17.0 Å². The monoisotopic (exact) mass is 342 g/mol. The summed E-state index contributed by atoms with van der Waals surface area (Å²) in [6.45, 7) is 5.83. The van der Waals surface area contributed by atoms with Gasteiger partial charge < -0.3 is 10.6 Å². The predicted octanol–water partition coefficient (Wildman–Crippen LogP) is 3.86. The molecule has 2 aromatic carbocycles. The van der Waals surface area contributed by atoms with Crippen LogP contribution in [0.5, 0.6) is 0 Å². The van der Waals surface area contributed by atoms with Gasteiger partial charge in [-0.15, -0.1) is 11.8 Å². The Morgan fingerprint density at radius 2 is 1.71 bits per heavy atom. The molecule has 0 saturated heterocycles. The zero-order chi connectivity index (χ0) is 17.5. The van der Waals surface area contributed by atoms with Crippen LogP contribution in [0.15, 0.2) is 53.4 Å². The topological polar surface area (TPSA) is 58.2 Å². The van der Waals surface area contributed by atoms with Crippen molar-refractivity contribution in [3.8, 4) is 0 Å². The summed E-state index contributed by atoms with van der Waals surface area (Å²) in [7, 11) is 0. The maximum Gasteiger partial charge on any atom is 0.253 e. The number of hydrogen-bond acceptors (Lipinski definition) is 3. The van der Waals surface area contributed by atoms with Gasteiger partial charge >= 0.3 is 0 Å². The van der Waals surface area contributed by atoms with E-state index in [1.54, 1.807) is 24.3 Å². The molecule has 0 aliphatic heterocycles. The molecular weight excluding hydrogens is 320 g/mol. The summed E-state index contributed by atoms with van der Waals surface area (Å²) in [5.74, 6) is -0.0270. The minimum absolute atomic E-state index is 0.0401. The molecule has 126 valence electrons. The van der Waals surface area contributed by atoms with Gasteiger partial charge in [0.15, 0.2) is 0 Å². The lowest BCUT2D eigenvalue weighted by molar-refractivity contribution is -0.113. The lowest BCUT2D eigenvalue weighted by atomic mass is 10.1. The van der Waals surface area contributed by atoms with Gasteiger partial charge in [-0.25, -0.2) is 0 Å². The Labute approximate surface area is 147 Å². The van der Waals surface area contributed by atoms with Crippen LogP contribution >= 0.6 is 11.8 Å². The van der Waals surface area contributed by atoms with E-state index in [4.69, 9.17) is 0 Å². The highest BCUT2D eigenvalue weighted by Gasteiger charge is 2.13. The minimum Gasteiger partial charge on any atom is -0.350 e. The number of carbonyl (C=O) groups is 2. The number of thioether (sulfide) groups is 1. The van der Waals surface area contributed by atoms with Crippen LogP contribution in [-0.2, 0) is 4.79 Å². The molecule has 2 N–H and O–H groups in total. The molecule has 2 rings (SSSR count). The number of aryl methyl sites for hydroxylation is 1. The molecule has 0 aliphatic carbocycles. The molecular formula is C19H22N2O2S. The highest BCUT2D eigenvalue weighted by Crippen LogP contribution is 2.20. The average molecular weight is 342 g/mol. The SMILES string of the molecule is Cc1ccc(SCC(=O)Nc2ccccc2C(=O)NC(C)C)cc1. The van der Waals surface area contributed by atoms with Gasteiger partial charge in [-0.1, -0.05) is 29.8 Å². The van der Waals surface area contributed by atoms with Gasteiger partial charge in [0.25, 0.3) is 5.91 Å². The van der Waals surface area contributed by atoms with E-state index in [1.807, 2.05) is 45.0 Å². The standard InChI is InChI=1S/C19H22N2O2S/c1-13(2)20-19(23)16-6-4-5-7-17(16)21-18(22)12-24-15-10-8-14(3)9-11-15/h4-11,13H,12H2,1-3H3,(H,20,23)(H,21,22). The molecule has 2 aromatic rings. The second-order valence-corrected chi connectivity index (χ2v) is 6.87. The molecule has 4 nitrogen and oxygen atoms in total. The molecule has 0 bridgehead atoms. The Morgan fingerprint density at radius 3 is 2.38 bits per heavy atom. The van der Waals surface area contributed by atoms with Crippen molar-refractivity contribution in [2.45, 2.75) is 31.7 Å². The highest BCUT2D eigenvalue weighted by atomic mass is 32.2. The van der Waals surface area contributed by atoms with Crippen molar-refractivity contribution in [2.75, 3.05) is 11.1 Å². The molecule has 24 heavy (non-hydrogen) atoms. The number of para-hydroxylation sites is 1. The molecule has 2 amide bonds. The average Bonchev–Trinajstić information content (AvgIpc) is 2.54. The molecule has 0 saturated carbocycles. The van der Waals surface area contributed by atoms with Crippen molar-refractivity contribution in [2.24, 2.45) is 0 Å². The maximum absolute atomic E-state index is 12.2. The van der Waals surface area contributed by atoms with Crippen molar-refractivity contribution in [1.82, 2.24) is 5.32 Å². The molecule has 0 aromatic heterocycles. The molecule has 0 unspecified atom stereocenters. The van der Waals surface area contributed by atoms with E-state index in [0.717, 1.165) is 4.90 Å². The van der Waals surface area contributed by atoms with Crippen LogP contribution in [0.25, 0.3) is 0 Å². The number of carbonyl (C=O) groups excluding carboxylic acids is 2. The van der Waals surface area contributed by atoms with Crippen LogP contribution in [-0.4, -0.2) is 23.6 Å². The number of nitrogens with one attached hydrogen (secondary N) is 2. The van der Waals surface area contributed by atoms with Crippen molar-refractivity contribution in [1.29, 1.82) is 0 Å². The van der Waals surface area contributed by atoms with E-state index >= 15 is 0 Å². The Bertz CT molecular complexity index is 712. The van der Waals surface area contributed by atoms with Gasteiger partial charge in [0.1, 0.15) is 0 Å². The van der Waals surface area contributed by atoms with E-state index in [-0.39, 0.29) is 17.9 Å². The molecule has 0 heterocycles. The molecule has 0 atom stereocenters. The number of amides is 2. The summed E-state index contributed by atoms with van der Waals surface area (Å²) < 4.78 is 0. The van der Waals surface area contributed by atoms with Gasteiger partial charge in [0, 0.05) is 10.9 Å². The summed E-state index contributed by atoms with van der Waals surface area (Å²) >= 11 is 1.47. The van der Waals surface area contributed by atoms with Crippen molar-refractivity contribution in [3.63, 3.8) is 0 Å². The Morgan fingerprint density at radius 1 is 1.04 bits per heavy atom. The highest BCUT2D eigenvalue weighted by molar-refractivity contribution is 8.00. The summed E-state index contributed by atoms with van der Waals surface area (Å²) in [6, 6.07) is 15.1. The quantitative estimate of drug-likeness (QED) is 0.784. The summed E-state index contributed by atoms with van der Waals surface area (Å²) in [4.78, 5) is 25.4. The third kappa shape index (κ3) is 5.42. The van der Waals surface area contributed by atoms with Gasteiger partial charge in [0.2, 0.25) is 5.91 Å².